The Morgan fingerprint density at radius 1 is 1.07 bits per heavy atom. The zero-order valence-electron chi connectivity index (χ0n) is 15.8. The summed E-state index contributed by atoms with van der Waals surface area (Å²) in [5, 5.41) is 0.654. The number of terminal acetylenes is 2. The summed E-state index contributed by atoms with van der Waals surface area (Å²) >= 11 is 5.91. The molecule has 1 amide bonds. The molecule has 0 aliphatic carbocycles. The van der Waals surface area contributed by atoms with Crippen molar-refractivity contribution >= 4 is 17.5 Å². The lowest BCUT2D eigenvalue weighted by Gasteiger charge is -2.20. The van der Waals surface area contributed by atoms with E-state index in [0.717, 1.165) is 11.1 Å². The van der Waals surface area contributed by atoms with Gasteiger partial charge < -0.3 is 14.4 Å². The predicted molar refractivity (Wildman–Crippen MR) is 111 cm³/mol. The van der Waals surface area contributed by atoms with Gasteiger partial charge in [0.15, 0.2) is 11.5 Å². The van der Waals surface area contributed by atoms with Gasteiger partial charge in [-0.15, -0.1) is 12.8 Å². The SMILES string of the molecule is C#CCOc1cc(CCC(=O)N(CC#C)Cc2ccc(Cl)cc2)ccc1OC. The summed E-state index contributed by atoms with van der Waals surface area (Å²) in [5.74, 6) is 6.12. The summed E-state index contributed by atoms with van der Waals surface area (Å²) in [5.41, 5.74) is 1.93. The first-order valence-electron chi connectivity index (χ1n) is 8.76. The van der Waals surface area contributed by atoms with Gasteiger partial charge in [0.05, 0.1) is 13.7 Å². The molecule has 2 aromatic rings. The third-order valence-corrected chi connectivity index (χ3v) is 4.34. The summed E-state index contributed by atoms with van der Waals surface area (Å²) in [7, 11) is 1.57. The Balaban J connectivity index is 2.02. The van der Waals surface area contributed by atoms with Gasteiger partial charge in [-0.05, 0) is 41.8 Å². The minimum Gasteiger partial charge on any atom is -0.493 e. The molecule has 2 aromatic carbocycles. The van der Waals surface area contributed by atoms with Crippen molar-refractivity contribution in [2.24, 2.45) is 0 Å². The number of halogens is 1. The number of methoxy groups -OCH3 is 1. The molecule has 0 unspecified atom stereocenters. The maximum Gasteiger partial charge on any atom is 0.223 e. The van der Waals surface area contributed by atoms with Crippen LogP contribution in [0.5, 0.6) is 11.5 Å². The summed E-state index contributed by atoms with van der Waals surface area (Å²) in [6, 6.07) is 12.9. The van der Waals surface area contributed by atoms with Crippen LogP contribution < -0.4 is 9.47 Å². The van der Waals surface area contributed by atoms with Gasteiger partial charge in [-0.3, -0.25) is 4.79 Å². The second-order valence-electron chi connectivity index (χ2n) is 6.06. The van der Waals surface area contributed by atoms with Gasteiger partial charge >= 0.3 is 0 Å². The highest BCUT2D eigenvalue weighted by Crippen LogP contribution is 2.28. The molecule has 0 atom stereocenters. The molecule has 0 heterocycles. The average Bonchev–Trinajstić information content (AvgIpc) is 2.71. The van der Waals surface area contributed by atoms with Gasteiger partial charge in [0.1, 0.15) is 6.61 Å². The van der Waals surface area contributed by atoms with Crippen LogP contribution in [0.2, 0.25) is 5.02 Å². The number of aryl methyl sites for hydroxylation is 1. The Labute approximate surface area is 171 Å². The van der Waals surface area contributed by atoms with E-state index in [0.29, 0.717) is 35.9 Å². The summed E-state index contributed by atoms with van der Waals surface area (Å²) in [6.07, 6.45) is 11.6. The van der Waals surface area contributed by atoms with Crippen LogP contribution in [0, 0.1) is 24.7 Å². The number of hydrogen-bond acceptors (Lipinski definition) is 3. The van der Waals surface area contributed by atoms with Gasteiger partial charge in [-0.25, -0.2) is 0 Å². The van der Waals surface area contributed by atoms with Crippen LogP contribution in [-0.2, 0) is 17.8 Å². The van der Waals surface area contributed by atoms with Gasteiger partial charge in [0.25, 0.3) is 0 Å². The van der Waals surface area contributed by atoms with Crippen LogP contribution in [0.3, 0.4) is 0 Å². The topological polar surface area (TPSA) is 38.8 Å². The molecule has 144 valence electrons. The van der Waals surface area contributed by atoms with Crippen LogP contribution in [0.1, 0.15) is 17.5 Å². The molecule has 0 bridgehead atoms. The second-order valence-corrected chi connectivity index (χ2v) is 6.49. The van der Waals surface area contributed by atoms with Crippen LogP contribution in [0.25, 0.3) is 0 Å². The van der Waals surface area contributed by atoms with E-state index in [1.54, 1.807) is 30.2 Å². The first kappa shape index (κ1) is 21.2. The average molecular weight is 396 g/mol. The van der Waals surface area contributed by atoms with E-state index in [9.17, 15) is 4.79 Å². The molecule has 0 aliphatic heterocycles. The van der Waals surface area contributed by atoms with E-state index in [4.69, 9.17) is 33.9 Å². The summed E-state index contributed by atoms with van der Waals surface area (Å²) < 4.78 is 10.8. The smallest absolute Gasteiger partial charge is 0.223 e. The fourth-order valence-electron chi connectivity index (χ4n) is 2.67. The van der Waals surface area contributed by atoms with Crippen molar-refractivity contribution in [3.05, 3.63) is 58.6 Å². The molecule has 4 nitrogen and oxygen atoms in total. The van der Waals surface area contributed by atoms with Gasteiger partial charge in [-0.1, -0.05) is 41.6 Å². The lowest BCUT2D eigenvalue weighted by atomic mass is 10.1. The molecule has 0 saturated carbocycles. The zero-order chi connectivity index (χ0) is 20.4. The molecule has 0 aromatic heterocycles. The highest BCUT2D eigenvalue weighted by molar-refractivity contribution is 6.30. The quantitative estimate of drug-likeness (QED) is 0.603. The number of ether oxygens (including phenoxy) is 2. The Morgan fingerprint density at radius 3 is 2.43 bits per heavy atom. The van der Waals surface area contributed by atoms with E-state index in [1.807, 2.05) is 24.3 Å². The highest BCUT2D eigenvalue weighted by Gasteiger charge is 2.14. The minimum atomic E-state index is -0.0187. The Morgan fingerprint density at radius 2 is 1.79 bits per heavy atom. The van der Waals surface area contributed by atoms with Crippen LogP contribution in [0.15, 0.2) is 42.5 Å². The molecule has 0 radical (unpaired) electrons. The number of amides is 1. The molecule has 5 heteroatoms. The van der Waals surface area contributed by atoms with Crippen molar-refractivity contribution in [3.63, 3.8) is 0 Å². The third-order valence-electron chi connectivity index (χ3n) is 4.09. The number of carbonyl (C=O) groups is 1. The fourth-order valence-corrected chi connectivity index (χ4v) is 2.80. The summed E-state index contributed by atoms with van der Waals surface area (Å²) in [6.45, 7) is 0.843. The molecule has 0 N–H and O–H groups in total. The predicted octanol–water partition coefficient (Wildman–Crippen LogP) is 3.96. The van der Waals surface area contributed by atoms with Crippen LogP contribution in [-0.4, -0.2) is 31.1 Å². The summed E-state index contributed by atoms with van der Waals surface area (Å²) in [4.78, 5) is 14.3. The van der Waals surface area contributed by atoms with Crippen molar-refractivity contribution < 1.29 is 14.3 Å². The molecule has 0 spiro atoms. The molecular formula is C23H22ClNO3. The second kappa shape index (κ2) is 10.9. The number of carbonyl (C=O) groups excluding carboxylic acids is 1. The van der Waals surface area contributed by atoms with E-state index in [1.165, 1.54) is 0 Å². The number of hydrogen-bond donors (Lipinski definition) is 0. The van der Waals surface area contributed by atoms with E-state index < -0.39 is 0 Å². The van der Waals surface area contributed by atoms with Crippen molar-refractivity contribution in [1.29, 1.82) is 0 Å². The number of nitrogens with zero attached hydrogens (tertiary/aromatic N) is 1. The Hall–Kier alpha value is -3.08. The fraction of sp³-hybridized carbons (Fsp3) is 0.261. The van der Waals surface area contributed by atoms with E-state index in [2.05, 4.69) is 11.8 Å². The largest absolute Gasteiger partial charge is 0.493 e. The molecular weight excluding hydrogens is 374 g/mol. The molecule has 0 fully saturated rings. The van der Waals surface area contributed by atoms with Crippen molar-refractivity contribution in [1.82, 2.24) is 4.90 Å². The van der Waals surface area contributed by atoms with E-state index >= 15 is 0 Å². The Bertz CT molecular complexity index is 878. The maximum absolute atomic E-state index is 12.7. The van der Waals surface area contributed by atoms with Crippen LogP contribution in [0.4, 0.5) is 0 Å². The molecule has 2 rings (SSSR count). The van der Waals surface area contributed by atoms with E-state index in [-0.39, 0.29) is 19.1 Å². The first-order valence-corrected chi connectivity index (χ1v) is 9.14. The van der Waals surface area contributed by atoms with Crippen molar-refractivity contribution in [2.75, 3.05) is 20.3 Å². The third kappa shape index (κ3) is 6.27. The molecule has 0 saturated heterocycles. The number of rotatable bonds is 9. The lowest BCUT2D eigenvalue weighted by Crippen LogP contribution is -2.31. The zero-order valence-corrected chi connectivity index (χ0v) is 16.5. The van der Waals surface area contributed by atoms with Gasteiger partial charge in [0, 0.05) is 18.0 Å². The maximum atomic E-state index is 12.7. The molecule has 0 aliphatic rings. The standard InChI is InChI=1S/C23H22ClNO3/c1-4-14-25(17-19-6-10-20(24)11-7-19)23(26)13-9-18-8-12-21(27-3)22(16-18)28-15-5-2/h1-2,6-8,10-12,16H,9,13-15,17H2,3H3. The highest BCUT2D eigenvalue weighted by atomic mass is 35.5. The molecule has 28 heavy (non-hydrogen) atoms. The number of benzene rings is 2. The van der Waals surface area contributed by atoms with Gasteiger partial charge in [0.2, 0.25) is 5.91 Å². The monoisotopic (exact) mass is 395 g/mol. The lowest BCUT2D eigenvalue weighted by molar-refractivity contribution is -0.131. The van der Waals surface area contributed by atoms with Crippen molar-refractivity contribution in [3.8, 4) is 36.2 Å². The minimum absolute atomic E-state index is 0.0187. The Kier molecular flexibility index (Phi) is 8.28. The van der Waals surface area contributed by atoms with Crippen LogP contribution >= 0.6 is 11.6 Å². The van der Waals surface area contributed by atoms with Crippen molar-refractivity contribution in [2.45, 2.75) is 19.4 Å². The van der Waals surface area contributed by atoms with Gasteiger partial charge in [-0.2, -0.15) is 0 Å². The first-order chi connectivity index (χ1) is 13.6. The normalized spacial score (nSPS) is 9.86.